The van der Waals surface area contributed by atoms with E-state index in [1.54, 1.807) is 4.90 Å². The molecule has 1 rings (SSSR count). The van der Waals surface area contributed by atoms with Crippen LogP contribution in [0.25, 0.3) is 0 Å². The Morgan fingerprint density at radius 1 is 1.19 bits per heavy atom. The number of nitrogens with zero attached hydrogens (tertiary/aromatic N) is 1. The van der Waals surface area contributed by atoms with E-state index in [9.17, 15) is 19.2 Å². The second kappa shape index (κ2) is 10.9. The van der Waals surface area contributed by atoms with Crippen LogP contribution in [-0.4, -0.2) is 54.1 Å². The largest absolute Gasteiger partial charge is 0.350 e. The van der Waals surface area contributed by atoms with Crippen molar-refractivity contribution < 1.29 is 19.2 Å². The highest BCUT2D eigenvalue weighted by Crippen LogP contribution is 2.31. The predicted octanol–water partition coefficient (Wildman–Crippen LogP) is 1.26. The van der Waals surface area contributed by atoms with Crippen LogP contribution in [0, 0.1) is 11.8 Å². The van der Waals surface area contributed by atoms with Gasteiger partial charge in [0, 0.05) is 13.0 Å². The van der Waals surface area contributed by atoms with Crippen molar-refractivity contribution in [3.05, 3.63) is 0 Å². The third-order valence-corrected chi connectivity index (χ3v) is 4.89. The minimum atomic E-state index is -0.701. The molecule has 26 heavy (non-hydrogen) atoms. The van der Waals surface area contributed by atoms with Gasteiger partial charge in [-0.2, -0.15) is 0 Å². The zero-order valence-corrected chi connectivity index (χ0v) is 16.4. The molecule has 1 heterocycles. The summed E-state index contributed by atoms with van der Waals surface area (Å²) in [6, 6.07) is -1.08. The van der Waals surface area contributed by atoms with Crippen LogP contribution in [0.2, 0.25) is 0 Å². The normalized spacial score (nSPS) is 20.7. The molecule has 0 aromatic heterocycles. The minimum absolute atomic E-state index is 0.116. The number of rotatable bonds is 11. The lowest BCUT2D eigenvalue weighted by molar-refractivity contribution is -0.142. The van der Waals surface area contributed by atoms with Gasteiger partial charge in [-0.05, 0) is 31.1 Å². The molecule has 1 saturated heterocycles. The monoisotopic (exact) mass is 367 g/mol. The number of Topliss-reactive ketones (excluding diaryl/α,β-unsaturated/α-hetero) is 1. The molecular weight excluding hydrogens is 334 g/mol. The summed E-state index contributed by atoms with van der Waals surface area (Å²) < 4.78 is 0. The van der Waals surface area contributed by atoms with E-state index in [1.165, 1.54) is 0 Å². The highest BCUT2D eigenvalue weighted by molar-refractivity contribution is 5.94. The molecule has 0 aliphatic carbocycles. The lowest BCUT2D eigenvalue weighted by atomic mass is 9.90. The van der Waals surface area contributed by atoms with Gasteiger partial charge in [-0.1, -0.05) is 34.1 Å². The van der Waals surface area contributed by atoms with E-state index < -0.39 is 11.9 Å². The van der Waals surface area contributed by atoms with Crippen molar-refractivity contribution >= 4 is 24.0 Å². The van der Waals surface area contributed by atoms with Gasteiger partial charge in [0.15, 0.2) is 5.78 Å². The van der Waals surface area contributed by atoms with Crippen LogP contribution in [0.3, 0.4) is 0 Å². The highest BCUT2D eigenvalue weighted by atomic mass is 16.2. The Morgan fingerprint density at radius 2 is 1.88 bits per heavy atom. The smallest absolute Gasteiger partial charge is 0.246 e. The molecule has 3 atom stereocenters. The Bertz CT molecular complexity index is 507. The average Bonchev–Trinajstić information content (AvgIpc) is 3.01. The number of hydrogen-bond acceptors (Lipinski definition) is 4. The highest BCUT2D eigenvalue weighted by Gasteiger charge is 2.43. The van der Waals surface area contributed by atoms with Crippen LogP contribution < -0.4 is 10.6 Å². The summed E-state index contributed by atoms with van der Waals surface area (Å²) in [4.78, 5) is 49.8. The van der Waals surface area contributed by atoms with E-state index in [1.807, 2.05) is 20.8 Å². The van der Waals surface area contributed by atoms with Crippen LogP contribution in [0.5, 0.6) is 0 Å². The summed E-state index contributed by atoms with van der Waals surface area (Å²) in [5, 5.41) is 5.00. The summed E-state index contributed by atoms with van der Waals surface area (Å²) in [5.74, 6) is -0.413. The number of carbonyl (C=O) groups excluding carboxylic acids is 4. The van der Waals surface area contributed by atoms with Crippen molar-refractivity contribution in [1.29, 1.82) is 0 Å². The molecule has 1 aliphatic heterocycles. The van der Waals surface area contributed by atoms with Crippen molar-refractivity contribution in [3.8, 4) is 0 Å². The molecule has 3 amide bonds. The molecule has 1 fully saturated rings. The van der Waals surface area contributed by atoms with E-state index in [-0.39, 0.29) is 36.1 Å². The van der Waals surface area contributed by atoms with Gasteiger partial charge >= 0.3 is 0 Å². The fourth-order valence-corrected chi connectivity index (χ4v) is 3.66. The Labute approximate surface area is 156 Å². The molecule has 0 radical (unpaired) electrons. The predicted molar refractivity (Wildman–Crippen MR) is 99.3 cm³/mol. The Morgan fingerprint density at radius 3 is 2.42 bits per heavy atom. The zero-order chi connectivity index (χ0) is 19.7. The second-order valence-electron chi connectivity index (χ2n) is 7.32. The molecule has 2 unspecified atom stereocenters. The number of ketones is 1. The number of carbonyl (C=O) groups is 4. The van der Waals surface area contributed by atoms with Crippen molar-refractivity contribution in [2.45, 2.75) is 71.9 Å². The Kier molecular flexibility index (Phi) is 9.30. The van der Waals surface area contributed by atoms with Gasteiger partial charge in [-0.25, -0.2) is 0 Å². The summed E-state index contributed by atoms with van der Waals surface area (Å²) in [6.07, 6.45) is 4.40. The topological polar surface area (TPSA) is 95.6 Å². The number of hydrogen-bond donors (Lipinski definition) is 2. The number of likely N-dealkylation sites (tertiary alicyclic amines) is 1. The van der Waals surface area contributed by atoms with Gasteiger partial charge in [-0.15, -0.1) is 0 Å². The first-order chi connectivity index (χ1) is 12.4. The molecule has 7 nitrogen and oxygen atoms in total. The van der Waals surface area contributed by atoms with Crippen LogP contribution in [-0.2, 0) is 19.2 Å². The maximum absolute atomic E-state index is 13.1. The van der Waals surface area contributed by atoms with E-state index in [2.05, 4.69) is 17.6 Å². The fraction of sp³-hybridized carbons (Fsp3) is 0.789. The fourth-order valence-electron chi connectivity index (χ4n) is 3.66. The maximum Gasteiger partial charge on any atom is 0.246 e. The average molecular weight is 367 g/mol. The molecule has 0 saturated carbocycles. The van der Waals surface area contributed by atoms with Gasteiger partial charge in [0.2, 0.25) is 18.2 Å². The molecule has 2 N–H and O–H groups in total. The molecule has 148 valence electrons. The molecule has 0 spiro atoms. The zero-order valence-electron chi connectivity index (χ0n) is 16.4. The summed E-state index contributed by atoms with van der Waals surface area (Å²) in [6.45, 7) is 8.15. The third kappa shape index (κ3) is 5.81. The molecule has 0 bridgehead atoms. The lowest BCUT2D eigenvalue weighted by Gasteiger charge is -2.32. The lowest BCUT2D eigenvalue weighted by Crippen LogP contribution is -2.55. The van der Waals surface area contributed by atoms with E-state index >= 15 is 0 Å². The summed E-state index contributed by atoms with van der Waals surface area (Å²) in [5.41, 5.74) is 0. The van der Waals surface area contributed by atoms with Crippen LogP contribution in [0.1, 0.15) is 59.8 Å². The summed E-state index contributed by atoms with van der Waals surface area (Å²) in [7, 11) is 0. The maximum atomic E-state index is 13.1. The molecule has 0 aromatic rings. The SMILES string of the molecule is CCCC(=O)C1[C@@H](CCC)CCN1C(=O)C(NC(=O)CNC=O)C(C)C. The van der Waals surface area contributed by atoms with E-state index in [4.69, 9.17) is 0 Å². The first-order valence-corrected chi connectivity index (χ1v) is 9.66. The van der Waals surface area contributed by atoms with Crippen molar-refractivity contribution in [1.82, 2.24) is 15.5 Å². The quantitative estimate of drug-likeness (QED) is 0.538. The number of nitrogens with one attached hydrogen (secondary N) is 2. The first kappa shape index (κ1) is 22.1. The van der Waals surface area contributed by atoms with Crippen LogP contribution in [0.15, 0.2) is 0 Å². The summed E-state index contributed by atoms with van der Waals surface area (Å²) >= 11 is 0. The standard InChI is InChI=1S/C19H33N3O4/c1-5-7-14-9-10-22(18(14)15(24)8-6-2)19(26)17(13(3)4)21-16(25)11-20-12-23/h12-14,17-18H,5-11H2,1-4H3,(H,20,23)(H,21,25)/t14-,17?,18?/m0/s1. The van der Waals surface area contributed by atoms with Crippen LogP contribution >= 0.6 is 0 Å². The van der Waals surface area contributed by atoms with Crippen LogP contribution in [0.4, 0.5) is 0 Å². The van der Waals surface area contributed by atoms with Gasteiger partial charge in [-0.3, -0.25) is 19.2 Å². The number of amides is 3. The van der Waals surface area contributed by atoms with E-state index in [0.29, 0.717) is 19.4 Å². The van der Waals surface area contributed by atoms with Crippen molar-refractivity contribution in [3.63, 3.8) is 0 Å². The van der Waals surface area contributed by atoms with Gasteiger partial charge < -0.3 is 15.5 Å². The third-order valence-electron chi connectivity index (χ3n) is 4.89. The minimum Gasteiger partial charge on any atom is -0.350 e. The first-order valence-electron chi connectivity index (χ1n) is 9.66. The van der Waals surface area contributed by atoms with E-state index in [0.717, 1.165) is 25.7 Å². The van der Waals surface area contributed by atoms with Gasteiger partial charge in [0.1, 0.15) is 6.04 Å². The van der Waals surface area contributed by atoms with Crippen molar-refractivity contribution in [2.75, 3.05) is 13.1 Å². The Hall–Kier alpha value is -1.92. The Balaban J connectivity index is 2.94. The molecule has 1 aliphatic rings. The second-order valence-corrected chi connectivity index (χ2v) is 7.32. The van der Waals surface area contributed by atoms with Crippen molar-refractivity contribution in [2.24, 2.45) is 11.8 Å². The molecular formula is C19H33N3O4. The molecule has 7 heteroatoms. The molecule has 0 aromatic carbocycles. The van der Waals surface area contributed by atoms with Gasteiger partial charge in [0.25, 0.3) is 0 Å². The van der Waals surface area contributed by atoms with Gasteiger partial charge in [0.05, 0.1) is 12.6 Å².